The van der Waals surface area contributed by atoms with E-state index in [0.29, 0.717) is 13.1 Å². The summed E-state index contributed by atoms with van der Waals surface area (Å²) in [7, 11) is -4.12. The maximum Gasteiger partial charge on any atom is 0.340 e. The van der Waals surface area contributed by atoms with Gasteiger partial charge in [-0.1, -0.05) is 23.2 Å². The number of halogens is 2. The van der Waals surface area contributed by atoms with Crippen LogP contribution in [0.4, 0.5) is 0 Å². The molecule has 23 heavy (non-hydrogen) atoms. The lowest BCUT2D eigenvalue weighted by molar-refractivity contribution is -0.133. The first-order chi connectivity index (χ1) is 10.7. The molecule has 1 aromatic rings. The van der Waals surface area contributed by atoms with Crippen LogP contribution < -0.4 is 5.14 Å². The third kappa shape index (κ3) is 4.35. The number of primary sulfonamides is 1. The highest BCUT2D eigenvalue weighted by atomic mass is 35.5. The molecule has 1 aliphatic heterocycles. The topological polar surface area (TPSA) is 107 Å². The Morgan fingerprint density at radius 1 is 1.17 bits per heavy atom. The van der Waals surface area contributed by atoms with Gasteiger partial charge in [0.25, 0.3) is 5.91 Å². The van der Waals surface area contributed by atoms with Crippen LogP contribution in [0.2, 0.25) is 10.0 Å². The van der Waals surface area contributed by atoms with E-state index in [-0.39, 0.29) is 21.5 Å². The average molecular weight is 381 g/mol. The van der Waals surface area contributed by atoms with Crippen LogP contribution in [0.5, 0.6) is 0 Å². The van der Waals surface area contributed by atoms with E-state index >= 15 is 0 Å². The van der Waals surface area contributed by atoms with Crippen molar-refractivity contribution >= 4 is 45.1 Å². The molecular formula is C13H14Cl2N2O5S. The molecule has 1 aliphatic rings. The summed E-state index contributed by atoms with van der Waals surface area (Å²) >= 11 is 11.6. The standard InChI is InChI=1S/C13H14Cl2N2O5S/c14-9-6-10(15)11(23(16,20)21)5-8(9)13(19)22-7-12(18)17-3-1-2-4-17/h5-6H,1-4,7H2,(H2,16,20,21). The molecule has 7 nitrogen and oxygen atoms in total. The molecular weight excluding hydrogens is 367 g/mol. The molecule has 0 saturated carbocycles. The number of ether oxygens (including phenoxy) is 1. The number of esters is 1. The molecule has 0 aromatic heterocycles. The summed E-state index contributed by atoms with van der Waals surface area (Å²) < 4.78 is 27.7. The summed E-state index contributed by atoms with van der Waals surface area (Å²) in [5.74, 6) is -1.24. The van der Waals surface area contributed by atoms with Crippen molar-refractivity contribution in [3.63, 3.8) is 0 Å². The van der Waals surface area contributed by atoms with E-state index in [9.17, 15) is 18.0 Å². The molecule has 0 spiro atoms. The largest absolute Gasteiger partial charge is 0.452 e. The van der Waals surface area contributed by atoms with Crippen molar-refractivity contribution in [3.8, 4) is 0 Å². The minimum atomic E-state index is -4.12. The predicted octanol–water partition coefficient (Wildman–Crippen LogP) is 1.42. The van der Waals surface area contributed by atoms with Gasteiger partial charge in [0.2, 0.25) is 10.0 Å². The summed E-state index contributed by atoms with van der Waals surface area (Å²) in [5.41, 5.74) is -0.227. The normalized spacial score (nSPS) is 14.8. The van der Waals surface area contributed by atoms with E-state index in [0.717, 1.165) is 25.0 Å². The number of hydrogen-bond acceptors (Lipinski definition) is 5. The van der Waals surface area contributed by atoms with Gasteiger partial charge in [-0.3, -0.25) is 4.79 Å². The molecule has 2 rings (SSSR count). The van der Waals surface area contributed by atoms with Crippen molar-refractivity contribution in [1.29, 1.82) is 0 Å². The zero-order valence-corrected chi connectivity index (χ0v) is 14.2. The minimum Gasteiger partial charge on any atom is -0.452 e. The Kier molecular flexibility index (Phi) is 5.51. The lowest BCUT2D eigenvalue weighted by Crippen LogP contribution is -2.32. The Morgan fingerprint density at radius 2 is 1.78 bits per heavy atom. The number of hydrogen-bond donors (Lipinski definition) is 1. The molecule has 2 N–H and O–H groups in total. The van der Waals surface area contributed by atoms with Gasteiger partial charge in [-0.2, -0.15) is 0 Å². The number of nitrogens with two attached hydrogens (primary N) is 1. The van der Waals surface area contributed by atoms with E-state index < -0.39 is 27.5 Å². The number of sulfonamides is 1. The van der Waals surface area contributed by atoms with Gasteiger partial charge < -0.3 is 9.64 Å². The number of nitrogens with zero attached hydrogens (tertiary/aromatic N) is 1. The van der Waals surface area contributed by atoms with Gasteiger partial charge in [-0.15, -0.1) is 0 Å². The monoisotopic (exact) mass is 380 g/mol. The van der Waals surface area contributed by atoms with Gasteiger partial charge >= 0.3 is 5.97 Å². The van der Waals surface area contributed by atoms with Crippen LogP contribution in [-0.4, -0.2) is 44.9 Å². The average Bonchev–Trinajstić information content (AvgIpc) is 2.97. The highest BCUT2D eigenvalue weighted by Gasteiger charge is 2.23. The van der Waals surface area contributed by atoms with Gasteiger partial charge in [-0.05, 0) is 25.0 Å². The first kappa shape index (κ1) is 18.0. The zero-order chi connectivity index (χ0) is 17.2. The first-order valence-corrected chi connectivity index (χ1v) is 8.97. The second-order valence-electron chi connectivity index (χ2n) is 4.97. The highest BCUT2D eigenvalue weighted by Crippen LogP contribution is 2.28. The van der Waals surface area contributed by atoms with E-state index in [1.54, 1.807) is 4.90 Å². The van der Waals surface area contributed by atoms with Crippen molar-refractivity contribution < 1.29 is 22.7 Å². The predicted molar refractivity (Wildman–Crippen MR) is 83.9 cm³/mol. The molecule has 1 fully saturated rings. The summed E-state index contributed by atoms with van der Waals surface area (Å²) in [5, 5.41) is 4.71. The van der Waals surface area contributed by atoms with E-state index in [4.69, 9.17) is 33.1 Å². The number of carbonyl (C=O) groups excluding carboxylic acids is 2. The molecule has 10 heteroatoms. The maximum atomic E-state index is 12.0. The number of carbonyl (C=O) groups is 2. The van der Waals surface area contributed by atoms with Crippen molar-refractivity contribution in [3.05, 3.63) is 27.7 Å². The van der Waals surface area contributed by atoms with E-state index in [2.05, 4.69) is 0 Å². The van der Waals surface area contributed by atoms with Crippen LogP contribution in [0.15, 0.2) is 17.0 Å². The molecule has 1 aromatic carbocycles. The van der Waals surface area contributed by atoms with E-state index in [1.807, 2.05) is 0 Å². The summed E-state index contributed by atoms with van der Waals surface area (Å²) in [6.07, 6.45) is 1.83. The molecule has 1 amide bonds. The Hall–Kier alpha value is -1.35. The molecule has 0 unspecified atom stereocenters. The third-order valence-corrected chi connectivity index (χ3v) is 5.02. The Morgan fingerprint density at radius 3 is 2.35 bits per heavy atom. The quantitative estimate of drug-likeness (QED) is 0.794. The maximum absolute atomic E-state index is 12.0. The molecule has 1 saturated heterocycles. The van der Waals surface area contributed by atoms with Crippen LogP contribution >= 0.6 is 23.2 Å². The highest BCUT2D eigenvalue weighted by molar-refractivity contribution is 7.89. The fourth-order valence-electron chi connectivity index (χ4n) is 2.17. The first-order valence-electron chi connectivity index (χ1n) is 6.67. The van der Waals surface area contributed by atoms with Crippen molar-refractivity contribution in [2.24, 2.45) is 5.14 Å². The number of benzene rings is 1. The second-order valence-corrected chi connectivity index (χ2v) is 7.32. The molecule has 0 radical (unpaired) electrons. The van der Waals surface area contributed by atoms with Gasteiger partial charge in [0.15, 0.2) is 6.61 Å². The second kappa shape index (κ2) is 7.04. The Bertz CT molecular complexity index is 745. The number of amides is 1. The number of likely N-dealkylation sites (tertiary alicyclic amines) is 1. The summed E-state index contributed by atoms with van der Waals surface area (Å²) in [4.78, 5) is 25.0. The fraction of sp³-hybridized carbons (Fsp3) is 0.385. The number of rotatable bonds is 4. The van der Waals surface area contributed by atoms with Gasteiger partial charge in [0, 0.05) is 13.1 Å². The van der Waals surface area contributed by atoms with Crippen LogP contribution in [0, 0.1) is 0 Å². The summed E-state index contributed by atoms with van der Waals surface area (Å²) in [6, 6.07) is 2.02. The van der Waals surface area contributed by atoms with Crippen LogP contribution in [-0.2, 0) is 19.6 Å². The van der Waals surface area contributed by atoms with Crippen LogP contribution in [0.1, 0.15) is 23.2 Å². The van der Waals surface area contributed by atoms with Crippen LogP contribution in [0.25, 0.3) is 0 Å². The smallest absolute Gasteiger partial charge is 0.340 e. The van der Waals surface area contributed by atoms with E-state index in [1.165, 1.54) is 0 Å². The van der Waals surface area contributed by atoms with Crippen molar-refractivity contribution in [1.82, 2.24) is 4.90 Å². The molecule has 0 aliphatic carbocycles. The third-order valence-electron chi connectivity index (χ3n) is 3.33. The lowest BCUT2D eigenvalue weighted by atomic mass is 10.2. The molecule has 126 valence electrons. The van der Waals surface area contributed by atoms with Crippen LogP contribution in [0.3, 0.4) is 0 Å². The molecule has 0 bridgehead atoms. The SMILES string of the molecule is NS(=O)(=O)c1cc(C(=O)OCC(=O)N2CCCC2)c(Cl)cc1Cl. The summed E-state index contributed by atoms with van der Waals surface area (Å²) in [6.45, 7) is 0.823. The van der Waals surface area contributed by atoms with Crippen molar-refractivity contribution in [2.75, 3.05) is 19.7 Å². The zero-order valence-electron chi connectivity index (χ0n) is 11.9. The molecule has 0 atom stereocenters. The van der Waals surface area contributed by atoms with Gasteiger partial charge in [0.05, 0.1) is 15.6 Å². The molecule has 1 heterocycles. The lowest BCUT2D eigenvalue weighted by Gasteiger charge is -2.15. The Labute approximate surface area is 143 Å². The minimum absolute atomic E-state index is 0.0963. The van der Waals surface area contributed by atoms with Crippen molar-refractivity contribution in [2.45, 2.75) is 17.7 Å². The Balaban J connectivity index is 2.14. The van der Waals surface area contributed by atoms with Gasteiger partial charge in [-0.25, -0.2) is 18.4 Å². The fourth-order valence-corrected chi connectivity index (χ4v) is 3.56. The van der Waals surface area contributed by atoms with Gasteiger partial charge in [0.1, 0.15) is 4.90 Å².